The second-order valence-corrected chi connectivity index (χ2v) is 11.1. The number of anilines is 1. The second kappa shape index (κ2) is 13.7. The van der Waals surface area contributed by atoms with E-state index in [1.54, 1.807) is 25.1 Å². The van der Waals surface area contributed by atoms with Crippen LogP contribution in [0.4, 0.5) is 5.69 Å². The lowest BCUT2D eigenvalue weighted by Crippen LogP contribution is -2.52. The number of hydrogen-bond donors (Lipinski definition) is 1. The summed E-state index contributed by atoms with van der Waals surface area (Å²) < 4.78 is 31.6. The van der Waals surface area contributed by atoms with Crippen LogP contribution < -0.4 is 14.4 Å². The number of unbranched alkanes of at least 4 members (excludes halogenated alkanes) is 1. The summed E-state index contributed by atoms with van der Waals surface area (Å²) in [7, 11) is -2.36. The van der Waals surface area contributed by atoms with Crippen molar-refractivity contribution in [2.45, 2.75) is 45.7 Å². The minimum Gasteiger partial charge on any atom is -0.497 e. The van der Waals surface area contributed by atoms with Gasteiger partial charge in [-0.05, 0) is 48.7 Å². The highest BCUT2D eigenvalue weighted by Crippen LogP contribution is 2.30. The number of carbonyl (C=O) groups excluding carboxylic acids is 2. The van der Waals surface area contributed by atoms with Crippen LogP contribution in [0.1, 0.15) is 38.7 Å². The van der Waals surface area contributed by atoms with E-state index in [1.165, 1.54) is 30.2 Å². The maximum atomic E-state index is 13.7. The normalized spacial score (nSPS) is 12.1. The van der Waals surface area contributed by atoms with Gasteiger partial charge in [0.25, 0.3) is 0 Å². The lowest BCUT2D eigenvalue weighted by atomic mass is 10.1. The van der Waals surface area contributed by atoms with E-state index >= 15 is 0 Å². The fourth-order valence-electron chi connectivity index (χ4n) is 3.67. The maximum Gasteiger partial charge on any atom is 0.244 e. The average molecular weight is 559 g/mol. The zero-order chi connectivity index (χ0) is 26.9. The average Bonchev–Trinajstić information content (AvgIpc) is 2.82. The smallest absolute Gasteiger partial charge is 0.244 e. The van der Waals surface area contributed by atoms with E-state index in [-0.39, 0.29) is 23.2 Å². The Kier molecular flexibility index (Phi) is 11.3. The SMILES string of the molecule is CCCCNC(=O)[C@@H](CC)N(Cc1cccc(OC)c1)C(=O)CN(c1ccc(Cl)cc1Cl)S(C)(=O)=O. The van der Waals surface area contributed by atoms with Gasteiger partial charge in [0.1, 0.15) is 18.3 Å². The predicted octanol–water partition coefficient (Wildman–Crippen LogP) is 4.49. The van der Waals surface area contributed by atoms with Crippen LogP contribution in [0, 0.1) is 0 Å². The van der Waals surface area contributed by atoms with Gasteiger partial charge in [-0.25, -0.2) is 8.42 Å². The number of halogens is 2. The quantitative estimate of drug-likeness (QED) is 0.366. The van der Waals surface area contributed by atoms with Crippen molar-refractivity contribution in [1.29, 1.82) is 0 Å². The molecule has 1 atom stereocenters. The lowest BCUT2D eigenvalue weighted by Gasteiger charge is -2.33. The topological polar surface area (TPSA) is 96.0 Å². The Bertz CT molecular complexity index is 1160. The van der Waals surface area contributed by atoms with Crippen LogP contribution >= 0.6 is 23.2 Å². The van der Waals surface area contributed by atoms with Gasteiger partial charge in [0.05, 0.1) is 24.1 Å². The summed E-state index contributed by atoms with van der Waals surface area (Å²) in [5.41, 5.74) is 0.858. The molecule has 0 spiro atoms. The summed E-state index contributed by atoms with van der Waals surface area (Å²) in [6, 6.07) is 10.7. The summed E-state index contributed by atoms with van der Waals surface area (Å²) in [4.78, 5) is 28.1. The Morgan fingerprint density at radius 1 is 1.11 bits per heavy atom. The van der Waals surface area contributed by atoms with E-state index in [0.29, 0.717) is 23.7 Å². The van der Waals surface area contributed by atoms with E-state index in [0.717, 1.165) is 29.0 Å². The monoisotopic (exact) mass is 557 g/mol. The first-order chi connectivity index (χ1) is 17.0. The number of carbonyl (C=O) groups is 2. The molecule has 0 heterocycles. The zero-order valence-corrected chi connectivity index (χ0v) is 23.3. The van der Waals surface area contributed by atoms with Gasteiger partial charge in [-0.1, -0.05) is 55.6 Å². The van der Waals surface area contributed by atoms with Gasteiger partial charge in [-0.15, -0.1) is 0 Å². The molecular formula is C25H33Cl2N3O5S. The molecule has 1 N–H and O–H groups in total. The highest BCUT2D eigenvalue weighted by Gasteiger charge is 2.32. The Balaban J connectivity index is 2.45. The lowest BCUT2D eigenvalue weighted by molar-refractivity contribution is -0.140. The van der Waals surface area contributed by atoms with Crippen molar-refractivity contribution in [3.63, 3.8) is 0 Å². The molecule has 2 amide bonds. The molecule has 0 aliphatic carbocycles. The summed E-state index contributed by atoms with van der Waals surface area (Å²) in [5, 5.41) is 3.30. The van der Waals surface area contributed by atoms with E-state index in [9.17, 15) is 18.0 Å². The number of rotatable bonds is 13. The fraction of sp³-hybridized carbons (Fsp3) is 0.440. The largest absolute Gasteiger partial charge is 0.497 e. The van der Waals surface area contributed by atoms with E-state index in [1.807, 2.05) is 13.0 Å². The van der Waals surface area contributed by atoms with Crippen LogP contribution in [0.3, 0.4) is 0 Å². The number of ether oxygens (including phenoxy) is 1. The van der Waals surface area contributed by atoms with Gasteiger partial charge >= 0.3 is 0 Å². The third kappa shape index (κ3) is 8.28. The Morgan fingerprint density at radius 2 is 1.83 bits per heavy atom. The number of hydrogen-bond acceptors (Lipinski definition) is 5. The Hall–Kier alpha value is -2.49. The van der Waals surface area contributed by atoms with Crippen LogP contribution in [0.15, 0.2) is 42.5 Å². The number of sulfonamides is 1. The van der Waals surface area contributed by atoms with Crippen LogP contribution in [0.25, 0.3) is 0 Å². The molecule has 198 valence electrons. The summed E-state index contributed by atoms with van der Waals surface area (Å²) in [5.74, 6) is -0.240. The first-order valence-electron chi connectivity index (χ1n) is 11.6. The van der Waals surface area contributed by atoms with Crippen molar-refractivity contribution in [3.8, 4) is 5.75 Å². The van der Waals surface area contributed by atoms with Crippen LogP contribution in [-0.4, -0.2) is 57.6 Å². The van der Waals surface area contributed by atoms with Crippen LogP contribution in [0.5, 0.6) is 5.75 Å². The molecule has 0 fully saturated rings. The number of methoxy groups -OCH3 is 1. The number of benzene rings is 2. The van der Waals surface area contributed by atoms with Gasteiger partial charge in [0.15, 0.2) is 0 Å². The first-order valence-corrected chi connectivity index (χ1v) is 14.2. The first kappa shape index (κ1) is 29.7. The molecule has 36 heavy (non-hydrogen) atoms. The molecule has 0 saturated heterocycles. The molecule has 2 aromatic rings. The summed E-state index contributed by atoms with van der Waals surface area (Å²) in [6.07, 6.45) is 3.05. The van der Waals surface area contributed by atoms with Crippen molar-refractivity contribution >= 4 is 50.7 Å². The standard InChI is InChI=1S/C25H33Cl2N3O5S/c1-5-7-13-28-25(32)22(6-2)29(16-18-9-8-10-20(14-18)35-3)24(31)17-30(36(4,33)34)23-12-11-19(26)15-21(23)27/h8-12,14-15,22H,5-7,13,16-17H2,1-4H3,(H,28,32)/t22-/m1/s1. The molecule has 0 bridgehead atoms. The Labute approximate surface area is 223 Å². The Morgan fingerprint density at radius 3 is 2.42 bits per heavy atom. The van der Waals surface area contributed by atoms with Gasteiger partial charge in [-0.2, -0.15) is 0 Å². The summed E-state index contributed by atoms with van der Waals surface area (Å²) >= 11 is 12.2. The summed E-state index contributed by atoms with van der Waals surface area (Å²) in [6.45, 7) is 3.86. The van der Waals surface area contributed by atoms with Gasteiger partial charge in [0.2, 0.25) is 21.8 Å². The van der Waals surface area contributed by atoms with Crippen molar-refractivity contribution in [2.75, 3.05) is 30.8 Å². The minimum absolute atomic E-state index is 0.0850. The van der Waals surface area contributed by atoms with Crippen LogP contribution in [0.2, 0.25) is 10.0 Å². The van der Waals surface area contributed by atoms with E-state index in [4.69, 9.17) is 27.9 Å². The highest BCUT2D eigenvalue weighted by atomic mass is 35.5. The molecule has 0 aromatic heterocycles. The molecule has 8 nitrogen and oxygen atoms in total. The van der Waals surface area contributed by atoms with Crippen molar-refractivity contribution in [1.82, 2.24) is 10.2 Å². The molecule has 2 aromatic carbocycles. The molecule has 0 aliphatic heterocycles. The molecule has 11 heteroatoms. The van der Waals surface area contributed by atoms with Crippen molar-refractivity contribution < 1.29 is 22.7 Å². The van der Waals surface area contributed by atoms with Gasteiger partial charge < -0.3 is 15.0 Å². The molecule has 0 unspecified atom stereocenters. The van der Waals surface area contributed by atoms with E-state index < -0.39 is 28.5 Å². The fourth-order valence-corrected chi connectivity index (χ4v) is 5.09. The van der Waals surface area contributed by atoms with Crippen molar-refractivity contribution in [2.24, 2.45) is 0 Å². The minimum atomic E-state index is -3.90. The van der Waals surface area contributed by atoms with Gasteiger partial charge in [0, 0.05) is 18.1 Å². The van der Waals surface area contributed by atoms with Crippen molar-refractivity contribution in [3.05, 3.63) is 58.1 Å². The predicted molar refractivity (Wildman–Crippen MR) is 144 cm³/mol. The van der Waals surface area contributed by atoms with E-state index in [2.05, 4.69) is 5.32 Å². The highest BCUT2D eigenvalue weighted by molar-refractivity contribution is 7.92. The maximum absolute atomic E-state index is 13.7. The molecule has 0 radical (unpaired) electrons. The third-order valence-corrected chi connectivity index (χ3v) is 7.22. The second-order valence-electron chi connectivity index (χ2n) is 8.31. The molecular weight excluding hydrogens is 525 g/mol. The number of nitrogens with one attached hydrogen (secondary N) is 1. The third-order valence-electron chi connectivity index (χ3n) is 5.56. The molecule has 0 aliphatic rings. The van der Waals surface area contributed by atoms with Crippen LogP contribution in [-0.2, 0) is 26.2 Å². The number of amides is 2. The zero-order valence-electron chi connectivity index (χ0n) is 21.0. The molecule has 2 rings (SSSR count). The number of nitrogens with zero attached hydrogens (tertiary/aromatic N) is 2. The molecule has 0 saturated carbocycles. The van der Waals surface area contributed by atoms with Gasteiger partial charge in [-0.3, -0.25) is 13.9 Å².